The van der Waals surface area contributed by atoms with Gasteiger partial charge in [0.1, 0.15) is 11.3 Å². The maximum atomic E-state index is 12.1. The molecule has 0 aliphatic heterocycles. The standard InChI is InChI=1S/C12H13N3O5S/c1-20-11-3-2-9(6-10(11)12(16)17)21(18,19)14-7-8-4-5-13-15-8/h2-6,14H,7H2,1H3,(H,13,15)(H,16,17). The number of hydrogen-bond acceptors (Lipinski definition) is 5. The van der Waals surface area contributed by atoms with Gasteiger partial charge in [0, 0.05) is 6.20 Å². The molecule has 0 aliphatic rings. The van der Waals surface area contributed by atoms with Crippen molar-refractivity contribution in [2.24, 2.45) is 0 Å². The van der Waals surface area contributed by atoms with Crippen LogP contribution in [-0.2, 0) is 16.6 Å². The third-order valence-corrected chi connectivity index (χ3v) is 4.12. The molecule has 8 nitrogen and oxygen atoms in total. The molecule has 0 radical (unpaired) electrons. The quantitative estimate of drug-likeness (QED) is 0.718. The third kappa shape index (κ3) is 3.38. The van der Waals surface area contributed by atoms with E-state index >= 15 is 0 Å². The van der Waals surface area contributed by atoms with Gasteiger partial charge in [-0.15, -0.1) is 0 Å². The number of nitrogens with one attached hydrogen (secondary N) is 2. The zero-order valence-corrected chi connectivity index (χ0v) is 11.8. The van der Waals surface area contributed by atoms with Gasteiger partial charge in [0.2, 0.25) is 10.0 Å². The van der Waals surface area contributed by atoms with E-state index in [1.807, 2.05) is 0 Å². The number of nitrogens with zero attached hydrogens (tertiary/aromatic N) is 1. The van der Waals surface area contributed by atoms with Crippen LogP contribution >= 0.6 is 0 Å². The number of aromatic carboxylic acids is 1. The van der Waals surface area contributed by atoms with E-state index in [2.05, 4.69) is 14.9 Å². The lowest BCUT2D eigenvalue weighted by Gasteiger charge is -2.09. The van der Waals surface area contributed by atoms with Crippen LogP contribution in [0.5, 0.6) is 5.75 Å². The summed E-state index contributed by atoms with van der Waals surface area (Å²) in [6.07, 6.45) is 1.50. The summed E-state index contributed by atoms with van der Waals surface area (Å²) in [4.78, 5) is 10.9. The van der Waals surface area contributed by atoms with Gasteiger partial charge < -0.3 is 9.84 Å². The van der Waals surface area contributed by atoms with Gasteiger partial charge >= 0.3 is 5.97 Å². The molecular weight excluding hydrogens is 298 g/mol. The Hall–Kier alpha value is -2.39. The molecule has 21 heavy (non-hydrogen) atoms. The largest absolute Gasteiger partial charge is 0.496 e. The molecule has 0 unspecified atom stereocenters. The van der Waals surface area contributed by atoms with Gasteiger partial charge in [-0.05, 0) is 24.3 Å². The first-order valence-electron chi connectivity index (χ1n) is 5.83. The molecule has 112 valence electrons. The van der Waals surface area contributed by atoms with E-state index in [9.17, 15) is 13.2 Å². The molecule has 2 rings (SSSR count). The van der Waals surface area contributed by atoms with Crippen LogP contribution in [0.3, 0.4) is 0 Å². The molecule has 0 bridgehead atoms. The molecule has 0 aliphatic carbocycles. The van der Waals surface area contributed by atoms with Crippen molar-refractivity contribution in [3.05, 3.63) is 41.7 Å². The maximum Gasteiger partial charge on any atom is 0.339 e. The lowest BCUT2D eigenvalue weighted by molar-refractivity contribution is 0.0693. The van der Waals surface area contributed by atoms with Crippen LogP contribution in [0.2, 0.25) is 0 Å². The fourth-order valence-electron chi connectivity index (χ4n) is 1.66. The Morgan fingerprint density at radius 3 is 2.76 bits per heavy atom. The summed E-state index contributed by atoms with van der Waals surface area (Å²) in [5.41, 5.74) is 0.368. The van der Waals surface area contributed by atoms with E-state index in [1.54, 1.807) is 6.07 Å². The van der Waals surface area contributed by atoms with Crippen LogP contribution < -0.4 is 9.46 Å². The first-order chi connectivity index (χ1) is 9.94. The first-order valence-corrected chi connectivity index (χ1v) is 7.31. The van der Waals surface area contributed by atoms with Crippen molar-refractivity contribution in [2.45, 2.75) is 11.4 Å². The summed E-state index contributed by atoms with van der Waals surface area (Å²) >= 11 is 0. The minimum absolute atomic E-state index is 0.0246. The zero-order valence-electron chi connectivity index (χ0n) is 11.0. The SMILES string of the molecule is COc1ccc(S(=O)(=O)NCc2ccn[nH]2)cc1C(=O)O. The summed E-state index contributed by atoms with van der Waals surface area (Å²) < 4.78 is 31.5. The minimum atomic E-state index is -3.83. The molecule has 2 aromatic rings. The van der Waals surface area contributed by atoms with Gasteiger partial charge in [-0.3, -0.25) is 5.10 Å². The summed E-state index contributed by atoms with van der Waals surface area (Å²) in [5, 5.41) is 15.4. The van der Waals surface area contributed by atoms with Gasteiger partial charge in [0.25, 0.3) is 0 Å². The zero-order chi connectivity index (χ0) is 15.5. The number of hydrogen-bond donors (Lipinski definition) is 3. The Bertz CT molecular complexity index is 740. The second-order valence-corrected chi connectivity index (χ2v) is 5.84. The topological polar surface area (TPSA) is 121 Å². The fourth-order valence-corrected chi connectivity index (χ4v) is 2.69. The third-order valence-electron chi connectivity index (χ3n) is 2.72. The molecule has 0 fully saturated rings. The van der Waals surface area contributed by atoms with Crippen LogP contribution in [0.25, 0.3) is 0 Å². The molecule has 0 spiro atoms. The highest BCUT2D eigenvalue weighted by atomic mass is 32.2. The van der Waals surface area contributed by atoms with E-state index in [-0.39, 0.29) is 22.8 Å². The Morgan fingerprint density at radius 2 is 2.19 bits per heavy atom. The van der Waals surface area contributed by atoms with E-state index in [1.165, 1.54) is 25.4 Å². The monoisotopic (exact) mass is 311 g/mol. The smallest absolute Gasteiger partial charge is 0.339 e. The van der Waals surface area contributed by atoms with Crippen molar-refractivity contribution in [3.63, 3.8) is 0 Å². The molecule has 1 heterocycles. The average Bonchev–Trinajstić information content (AvgIpc) is 2.97. The van der Waals surface area contributed by atoms with Crippen molar-refractivity contribution in [1.82, 2.24) is 14.9 Å². The normalized spacial score (nSPS) is 11.3. The Kier molecular flexibility index (Phi) is 4.24. The number of rotatable bonds is 6. The Labute approximate surface area is 120 Å². The van der Waals surface area contributed by atoms with Crippen LogP contribution in [-0.4, -0.2) is 36.8 Å². The number of carboxylic acid groups (broad SMARTS) is 1. The number of carboxylic acids is 1. The number of ether oxygens (including phenoxy) is 1. The maximum absolute atomic E-state index is 12.1. The van der Waals surface area contributed by atoms with Gasteiger partial charge in [0.15, 0.2) is 0 Å². The summed E-state index contributed by atoms with van der Waals surface area (Å²) in [6, 6.07) is 5.25. The van der Waals surface area contributed by atoms with E-state index < -0.39 is 16.0 Å². The average molecular weight is 311 g/mol. The number of aromatic nitrogens is 2. The first kappa shape index (κ1) is 15.0. The van der Waals surface area contributed by atoms with Crippen LogP contribution in [0.15, 0.2) is 35.4 Å². The lowest BCUT2D eigenvalue weighted by atomic mass is 10.2. The molecule has 9 heteroatoms. The number of methoxy groups -OCH3 is 1. The molecule has 3 N–H and O–H groups in total. The van der Waals surface area contributed by atoms with Crippen LogP contribution in [0, 0.1) is 0 Å². The number of carbonyl (C=O) groups is 1. The number of aromatic amines is 1. The number of benzene rings is 1. The predicted octanol–water partition coefficient (Wildman–Crippen LogP) is 0.595. The highest BCUT2D eigenvalue weighted by molar-refractivity contribution is 7.89. The predicted molar refractivity (Wildman–Crippen MR) is 72.6 cm³/mol. The van der Waals surface area contributed by atoms with Crippen LogP contribution in [0.4, 0.5) is 0 Å². The lowest BCUT2D eigenvalue weighted by Crippen LogP contribution is -2.23. The Balaban J connectivity index is 2.27. The van der Waals surface area contributed by atoms with Crippen molar-refractivity contribution >= 4 is 16.0 Å². The van der Waals surface area contributed by atoms with Crippen LogP contribution in [0.1, 0.15) is 16.1 Å². The fraction of sp³-hybridized carbons (Fsp3) is 0.167. The highest BCUT2D eigenvalue weighted by Crippen LogP contribution is 2.22. The molecule has 0 saturated heterocycles. The van der Waals surface area contributed by atoms with Crippen molar-refractivity contribution in [1.29, 1.82) is 0 Å². The molecular formula is C12H13N3O5S. The summed E-state index contributed by atoms with van der Waals surface area (Å²) in [5.74, 6) is -1.17. The highest BCUT2D eigenvalue weighted by Gasteiger charge is 2.19. The molecule has 1 aromatic carbocycles. The van der Waals surface area contributed by atoms with E-state index in [4.69, 9.17) is 9.84 Å². The molecule has 0 amide bonds. The van der Waals surface area contributed by atoms with Gasteiger partial charge in [-0.25, -0.2) is 17.9 Å². The molecule has 0 saturated carbocycles. The van der Waals surface area contributed by atoms with Gasteiger partial charge in [-0.2, -0.15) is 5.10 Å². The van der Waals surface area contributed by atoms with Gasteiger partial charge in [-0.1, -0.05) is 0 Å². The van der Waals surface area contributed by atoms with Crippen molar-refractivity contribution in [3.8, 4) is 5.75 Å². The van der Waals surface area contributed by atoms with Crippen molar-refractivity contribution < 1.29 is 23.1 Å². The number of sulfonamides is 1. The number of H-pyrrole nitrogens is 1. The van der Waals surface area contributed by atoms with Gasteiger partial charge in [0.05, 0.1) is 24.2 Å². The molecule has 1 aromatic heterocycles. The van der Waals surface area contributed by atoms with E-state index in [0.717, 1.165) is 6.07 Å². The Morgan fingerprint density at radius 1 is 1.43 bits per heavy atom. The summed E-state index contributed by atoms with van der Waals surface area (Å²) in [7, 11) is -2.52. The second kappa shape index (κ2) is 5.94. The van der Waals surface area contributed by atoms with Crippen molar-refractivity contribution in [2.75, 3.05) is 7.11 Å². The molecule has 0 atom stereocenters. The second-order valence-electron chi connectivity index (χ2n) is 4.07. The minimum Gasteiger partial charge on any atom is -0.496 e. The summed E-state index contributed by atoms with van der Waals surface area (Å²) in [6.45, 7) is 0.0246. The van der Waals surface area contributed by atoms with E-state index in [0.29, 0.717) is 5.69 Å².